The number of nitrogens with two attached hydrogens (primary N) is 1. The highest BCUT2D eigenvalue weighted by molar-refractivity contribution is 9.10. The van der Waals surface area contributed by atoms with Gasteiger partial charge < -0.3 is 5.73 Å². The molecule has 0 aromatic carbocycles. The van der Waals surface area contributed by atoms with E-state index in [9.17, 15) is 4.79 Å². The quantitative estimate of drug-likeness (QED) is 0.856. The molecule has 0 amide bonds. The van der Waals surface area contributed by atoms with Crippen LogP contribution < -0.4 is 5.73 Å². The van der Waals surface area contributed by atoms with E-state index in [1.807, 2.05) is 6.92 Å². The Labute approximate surface area is 120 Å². The number of hydrogen-bond acceptors (Lipinski definition) is 4. The minimum atomic E-state index is -0.0741. The van der Waals surface area contributed by atoms with E-state index in [-0.39, 0.29) is 5.78 Å². The molecule has 5 nitrogen and oxygen atoms in total. The summed E-state index contributed by atoms with van der Waals surface area (Å²) in [7, 11) is 0. The van der Waals surface area contributed by atoms with Crippen LogP contribution in [0.5, 0.6) is 0 Å². The number of ketones is 1. The van der Waals surface area contributed by atoms with Crippen molar-refractivity contribution in [3.8, 4) is 0 Å². The highest BCUT2D eigenvalue weighted by Gasteiger charge is 2.18. The Morgan fingerprint density at radius 1 is 1.53 bits per heavy atom. The van der Waals surface area contributed by atoms with Crippen molar-refractivity contribution < 1.29 is 4.79 Å². The maximum absolute atomic E-state index is 12.5. The van der Waals surface area contributed by atoms with Crippen molar-refractivity contribution >= 4 is 21.7 Å². The summed E-state index contributed by atoms with van der Waals surface area (Å²) >= 11 is 3.38. The molecule has 0 radical (unpaired) electrons. The molecule has 2 rings (SSSR count). The lowest BCUT2D eigenvalue weighted by Gasteiger charge is -2.07. The van der Waals surface area contributed by atoms with Gasteiger partial charge in [0.2, 0.25) is 5.78 Å². The summed E-state index contributed by atoms with van der Waals surface area (Å²) in [4.78, 5) is 16.6. The second-order valence-electron chi connectivity index (χ2n) is 4.13. The molecular weight excluding hydrogens is 308 g/mol. The van der Waals surface area contributed by atoms with Crippen LogP contribution >= 0.6 is 15.9 Å². The first-order valence-electron chi connectivity index (χ1n) is 6.08. The number of aryl methyl sites for hydroxylation is 1. The number of carbonyl (C=O) groups is 1. The van der Waals surface area contributed by atoms with E-state index in [0.717, 1.165) is 6.42 Å². The maximum Gasteiger partial charge on any atom is 0.212 e. The summed E-state index contributed by atoms with van der Waals surface area (Å²) in [5.74, 6) is -0.0741. The largest absolute Gasteiger partial charge is 0.325 e. The molecule has 0 aliphatic carbocycles. The van der Waals surface area contributed by atoms with Gasteiger partial charge >= 0.3 is 0 Å². The van der Waals surface area contributed by atoms with Gasteiger partial charge in [0.1, 0.15) is 5.69 Å². The van der Waals surface area contributed by atoms with E-state index >= 15 is 0 Å². The van der Waals surface area contributed by atoms with Gasteiger partial charge in [-0.05, 0) is 34.5 Å². The SMILES string of the molecule is CCCn1ncc(Br)c1C(=O)c1ccnc(CN)c1. The fourth-order valence-electron chi connectivity index (χ4n) is 1.84. The third-order valence-corrected chi connectivity index (χ3v) is 3.31. The summed E-state index contributed by atoms with van der Waals surface area (Å²) in [6, 6.07) is 3.41. The number of hydrogen-bond donors (Lipinski definition) is 1. The van der Waals surface area contributed by atoms with Gasteiger partial charge in [0, 0.05) is 24.8 Å². The van der Waals surface area contributed by atoms with Gasteiger partial charge in [-0.1, -0.05) is 6.92 Å². The third-order valence-electron chi connectivity index (χ3n) is 2.73. The number of rotatable bonds is 5. The fourth-order valence-corrected chi connectivity index (χ4v) is 2.31. The molecule has 0 fully saturated rings. The molecule has 0 atom stereocenters. The van der Waals surface area contributed by atoms with Crippen LogP contribution in [0.2, 0.25) is 0 Å². The van der Waals surface area contributed by atoms with Crippen LogP contribution in [-0.2, 0) is 13.1 Å². The Kier molecular flexibility index (Phi) is 4.44. The molecule has 0 saturated carbocycles. The number of carbonyl (C=O) groups excluding carboxylic acids is 1. The Bertz CT molecular complexity index is 594. The predicted octanol–water partition coefficient (Wildman–Crippen LogP) is 2.14. The monoisotopic (exact) mass is 322 g/mol. The van der Waals surface area contributed by atoms with E-state index in [4.69, 9.17) is 5.73 Å². The lowest BCUT2D eigenvalue weighted by molar-refractivity contribution is 0.102. The van der Waals surface area contributed by atoms with E-state index in [1.165, 1.54) is 0 Å². The van der Waals surface area contributed by atoms with Crippen LogP contribution in [0.25, 0.3) is 0 Å². The van der Waals surface area contributed by atoms with Crippen molar-refractivity contribution in [3.63, 3.8) is 0 Å². The van der Waals surface area contributed by atoms with E-state index < -0.39 is 0 Å². The zero-order valence-corrected chi connectivity index (χ0v) is 12.2. The first kappa shape index (κ1) is 13.9. The molecule has 2 heterocycles. The number of pyridine rings is 1. The van der Waals surface area contributed by atoms with E-state index in [2.05, 4.69) is 26.0 Å². The summed E-state index contributed by atoms with van der Waals surface area (Å²) in [6.07, 6.45) is 4.16. The van der Waals surface area contributed by atoms with Crippen molar-refractivity contribution in [3.05, 3.63) is 46.0 Å². The average molecular weight is 323 g/mol. The highest BCUT2D eigenvalue weighted by atomic mass is 79.9. The van der Waals surface area contributed by atoms with Crippen LogP contribution in [-0.4, -0.2) is 20.5 Å². The standard InChI is InChI=1S/C13H15BrN4O/c1-2-5-18-12(11(14)8-17-18)13(19)9-3-4-16-10(6-9)7-15/h3-4,6,8H,2,5,7,15H2,1H3. The van der Waals surface area contributed by atoms with Gasteiger partial charge in [0.25, 0.3) is 0 Å². The Morgan fingerprint density at radius 3 is 3.00 bits per heavy atom. The molecule has 2 aromatic rings. The van der Waals surface area contributed by atoms with Crippen LogP contribution in [0.4, 0.5) is 0 Å². The number of aromatic nitrogens is 3. The van der Waals surface area contributed by atoms with Crippen molar-refractivity contribution in [1.29, 1.82) is 0 Å². The second kappa shape index (κ2) is 6.08. The van der Waals surface area contributed by atoms with Crippen LogP contribution in [0, 0.1) is 0 Å². The van der Waals surface area contributed by atoms with E-state index in [0.29, 0.717) is 34.5 Å². The normalized spacial score (nSPS) is 10.7. The smallest absolute Gasteiger partial charge is 0.212 e. The van der Waals surface area contributed by atoms with Gasteiger partial charge in [0.15, 0.2) is 0 Å². The van der Waals surface area contributed by atoms with Crippen molar-refractivity contribution in [2.75, 3.05) is 0 Å². The fraction of sp³-hybridized carbons (Fsp3) is 0.308. The van der Waals surface area contributed by atoms with E-state index in [1.54, 1.807) is 29.2 Å². The molecule has 19 heavy (non-hydrogen) atoms. The zero-order valence-electron chi connectivity index (χ0n) is 10.6. The molecule has 100 valence electrons. The minimum absolute atomic E-state index is 0.0741. The van der Waals surface area contributed by atoms with Gasteiger partial charge in [-0.25, -0.2) is 0 Å². The predicted molar refractivity (Wildman–Crippen MR) is 75.8 cm³/mol. The summed E-state index contributed by atoms with van der Waals surface area (Å²) in [5.41, 5.74) is 7.39. The highest BCUT2D eigenvalue weighted by Crippen LogP contribution is 2.20. The van der Waals surface area contributed by atoms with Crippen molar-refractivity contribution in [2.24, 2.45) is 5.73 Å². The molecular formula is C13H15BrN4O. The summed E-state index contributed by atoms with van der Waals surface area (Å²) in [5, 5.41) is 4.20. The summed E-state index contributed by atoms with van der Waals surface area (Å²) < 4.78 is 2.42. The zero-order chi connectivity index (χ0) is 13.8. The average Bonchev–Trinajstić information content (AvgIpc) is 2.79. The van der Waals surface area contributed by atoms with Gasteiger partial charge in [-0.2, -0.15) is 5.10 Å². The van der Waals surface area contributed by atoms with Crippen molar-refractivity contribution in [1.82, 2.24) is 14.8 Å². The molecule has 0 spiro atoms. The first-order chi connectivity index (χ1) is 9.17. The minimum Gasteiger partial charge on any atom is -0.325 e. The first-order valence-corrected chi connectivity index (χ1v) is 6.87. The molecule has 0 aliphatic rings. The topological polar surface area (TPSA) is 73.8 Å². The number of nitrogens with zero attached hydrogens (tertiary/aromatic N) is 3. The maximum atomic E-state index is 12.5. The van der Waals surface area contributed by atoms with Crippen LogP contribution in [0.3, 0.4) is 0 Å². The molecule has 0 aliphatic heterocycles. The number of halogens is 1. The molecule has 2 aromatic heterocycles. The summed E-state index contributed by atoms with van der Waals surface area (Å²) in [6.45, 7) is 3.07. The molecule has 0 bridgehead atoms. The molecule has 0 saturated heterocycles. The van der Waals surface area contributed by atoms with Crippen LogP contribution in [0.1, 0.15) is 35.1 Å². The second-order valence-corrected chi connectivity index (χ2v) is 4.99. The Balaban J connectivity index is 2.40. The van der Waals surface area contributed by atoms with Crippen LogP contribution in [0.15, 0.2) is 29.0 Å². The van der Waals surface area contributed by atoms with Gasteiger partial charge in [-0.15, -0.1) is 0 Å². The molecule has 0 unspecified atom stereocenters. The molecule has 2 N–H and O–H groups in total. The Morgan fingerprint density at radius 2 is 2.32 bits per heavy atom. The molecule has 6 heteroatoms. The lowest BCUT2D eigenvalue weighted by Crippen LogP contribution is -2.13. The van der Waals surface area contributed by atoms with Gasteiger partial charge in [0.05, 0.1) is 16.4 Å². The third kappa shape index (κ3) is 2.90. The Hall–Kier alpha value is -1.53. The lowest BCUT2D eigenvalue weighted by atomic mass is 10.1. The van der Waals surface area contributed by atoms with Crippen molar-refractivity contribution in [2.45, 2.75) is 26.4 Å². The van der Waals surface area contributed by atoms with Gasteiger partial charge in [-0.3, -0.25) is 14.5 Å².